The molecule has 0 aliphatic carbocycles. The Hall–Kier alpha value is -2.27. The third-order valence-corrected chi connectivity index (χ3v) is 3.82. The summed E-state index contributed by atoms with van der Waals surface area (Å²) in [6, 6.07) is 11.9. The van der Waals surface area contributed by atoms with Crippen molar-refractivity contribution in [3.8, 4) is 5.69 Å². The highest BCUT2D eigenvalue weighted by Gasteiger charge is 2.25. The van der Waals surface area contributed by atoms with Crippen LogP contribution in [0.2, 0.25) is 0 Å². The fraction of sp³-hybridized carbons (Fsp3) is 0.0667. The lowest BCUT2D eigenvalue weighted by molar-refractivity contribution is -0.115. The number of benzene rings is 1. The highest BCUT2D eigenvalue weighted by molar-refractivity contribution is 8.18. The Balaban J connectivity index is 1.99. The lowest BCUT2D eigenvalue weighted by Gasteiger charge is -2.07. The summed E-state index contributed by atoms with van der Waals surface area (Å²) >= 11 is 0.926. The van der Waals surface area contributed by atoms with E-state index in [9.17, 15) is 9.59 Å². The van der Waals surface area contributed by atoms with Crippen molar-refractivity contribution in [2.75, 3.05) is 0 Å². The first kappa shape index (κ1) is 12.7. The fourth-order valence-electron chi connectivity index (χ4n) is 2.01. The van der Waals surface area contributed by atoms with Crippen molar-refractivity contribution in [3.63, 3.8) is 0 Å². The van der Waals surface area contributed by atoms with E-state index < -0.39 is 0 Å². The summed E-state index contributed by atoms with van der Waals surface area (Å²) < 4.78 is 1.98. The minimum atomic E-state index is -0.336. The Kier molecular flexibility index (Phi) is 3.20. The molecule has 0 radical (unpaired) electrons. The SMILES string of the molecule is Cc1ccc(-n2cccc2/C=C2\SC(=O)NC2=O)cc1. The molecule has 2 aromatic rings. The molecule has 0 saturated carbocycles. The van der Waals surface area contributed by atoms with E-state index in [1.807, 2.05) is 54.1 Å². The molecule has 1 aliphatic heterocycles. The Labute approximate surface area is 120 Å². The normalized spacial score (nSPS) is 16.8. The molecule has 0 bridgehead atoms. The zero-order valence-corrected chi connectivity index (χ0v) is 11.6. The van der Waals surface area contributed by atoms with Gasteiger partial charge in [-0.25, -0.2) is 0 Å². The van der Waals surface area contributed by atoms with Crippen LogP contribution in [0.1, 0.15) is 11.3 Å². The first-order valence-electron chi connectivity index (χ1n) is 6.13. The van der Waals surface area contributed by atoms with Gasteiger partial charge < -0.3 is 4.57 Å². The number of nitrogens with one attached hydrogen (secondary N) is 1. The van der Waals surface area contributed by atoms with Crippen LogP contribution in [0.15, 0.2) is 47.5 Å². The number of rotatable bonds is 2. The van der Waals surface area contributed by atoms with Crippen LogP contribution in [0.25, 0.3) is 11.8 Å². The van der Waals surface area contributed by atoms with Crippen LogP contribution in [0, 0.1) is 6.92 Å². The van der Waals surface area contributed by atoms with Gasteiger partial charge in [0.2, 0.25) is 0 Å². The summed E-state index contributed by atoms with van der Waals surface area (Å²) in [5.74, 6) is -0.336. The van der Waals surface area contributed by atoms with Gasteiger partial charge in [-0.15, -0.1) is 0 Å². The maximum atomic E-state index is 11.6. The smallest absolute Gasteiger partial charge is 0.290 e. The third kappa shape index (κ3) is 2.40. The molecule has 1 aromatic carbocycles. The monoisotopic (exact) mass is 284 g/mol. The van der Waals surface area contributed by atoms with Crippen LogP contribution < -0.4 is 5.32 Å². The molecule has 20 heavy (non-hydrogen) atoms. The second-order valence-electron chi connectivity index (χ2n) is 4.49. The predicted molar refractivity (Wildman–Crippen MR) is 79.6 cm³/mol. The molecule has 2 amide bonds. The van der Waals surface area contributed by atoms with E-state index in [0.717, 1.165) is 23.1 Å². The second-order valence-corrected chi connectivity index (χ2v) is 5.51. The minimum absolute atomic E-state index is 0.324. The summed E-state index contributed by atoms with van der Waals surface area (Å²) in [5.41, 5.74) is 3.07. The lowest BCUT2D eigenvalue weighted by Crippen LogP contribution is -2.17. The summed E-state index contributed by atoms with van der Waals surface area (Å²) in [4.78, 5) is 23.2. The molecule has 3 rings (SSSR count). The number of aromatic nitrogens is 1. The zero-order chi connectivity index (χ0) is 14.1. The Morgan fingerprint density at radius 1 is 1.15 bits per heavy atom. The van der Waals surface area contributed by atoms with Gasteiger partial charge in [-0.05, 0) is 49.0 Å². The van der Waals surface area contributed by atoms with Crippen LogP contribution in [-0.2, 0) is 4.79 Å². The molecule has 100 valence electrons. The Morgan fingerprint density at radius 2 is 1.90 bits per heavy atom. The van der Waals surface area contributed by atoms with E-state index in [1.165, 1.54) is 5.56 Å². The highest BCUT2D eigenvalue weighted by atomic mass is 32.2. The van der Waals surface area contributed by atoms with E-state index in [2.05, 4.69) is 5.32 Å². The molecular weight excluding hydrogens is 272 g/mol. The van der Waals surface area contributed by atoms with Crippen molar-refractivity contribution in [1.82, 2.24) is 9.88 Å². The number of imide groups is 1. The molecule has 5 heteroatoms. The topological polar surface area (TPSA) is 51.1 Å². The molecule has 1 aliphatic rings. The van der Waals surface area contributed by atoms with Crippen molar-refractivity contribution in [3.05, 3.63) is 58.8 Å². The van der Waals surface area contributed by atoms with E-state index >= 15 is 0 Å². The van der Waals surface area contributed by atoms with Gasteiger partial charge in [0.25, 0.3) is 11.1 Å². The number of hydrogen-bond acceptors (Lipinski definition) is 3. The molecule has 0 unspecified atom stereocenters. The van der Waals surface area contributed by atoms with Gasteiger partial charge in [-0.2, -0.15) is 0 Å². The quantitative estimate of drug-likeness (QED) is 0.862. The van der Waals surface area contributed by atoms with Crippen molar-refractivity contribution in [2.24, 2.45) is 0 Å². The average molecular weight is 284 g/mol. The molecule has 2 heterocycles. The summed E-state index contributed by atoms with van der Waals surface area (Å²) in [5, 5.41) is 1.93. The Bertz CT molecular complexity index is 714. The predicted octanol–water partition coefficient (Wildman–Crippen LogP) is 3.11. The zero-order valence-electron chi connectivity index (χ0n) is 10.8. The van der Waals surface area contributed by atoms with Gasteiger partial charge in [-0.3, -0.25) is 14.9 Å². The van der Waals surface area contributed by atoms with Crippen molar-refractivity contribution >= 4 is 29.0 Å². The van der Waals surface area contributed by atoms with Crippen molar-refractivity contribution < 1.29 is 9.59 Å². The van der Waals surface area contributed by atoms with Crippen LogP contribution in [0.5, 0.6) is 0 Å². The molecule has 1 N–H and O–H groups in total. The molecule has 0 atom stereocenters. The van der Waals surface area contributed by atoms with E-state index in [0.29, 0.717) is 4.91 Å². The number of hydrogen-bond donors (Lipinski definition) is 1. The molecule has 1 saturated heterocycles. The lowest BCUT2D eigenvalue weighted by atomic mass is 10.2. The first-order chi connectivity index (χ1) is 9.63. The van der Waals surface area contributed by atoms with Crippen molar-refractivity contribution in [1.29, 1.82) is 0 Å². The summed E-state index contributed by atoms with van der Waals surface area (Å²) in [6.07, 6.45) is 3.65. The average Bonchev–Trinajstić information content (AvgIpc) is 2.98. The number of aryl methyl sites for hydroxylation is 1. The van der Waals surface area contributed by atoms with Gasteiger partial charge in [0, 0.05) is 17.6 Å². The largest absolute Gasteiger partial charge is 0.317 e. The first-order valence-corrected chi connectivity index (χ1v) is 6.94. The van der Waals surface area contributed by atoms with Gasteiger partial charge in [0.1, 0.15) is 0 Å². The van der Waals surface area contributed by atoms with Gasteiger partial charge >= 0.3 is 0 Å². The van der Waals surface area contributed by atoms with Crippen LogP contribution in [-0.4, -0.2) is 15.7 Å². The number of carbonyl (C=O) groups is 2. The molecule has 1 aromatic heterocycles. The van der Waals surface area contributed by atoms with E-state index in [1.54, 1.807) is 6.08 Å². The van der Waals surface area contributed by atoms with Gasteiger partial charge in [-0.1, -0.05) is 17.7 Å². The number of amides is 2. The molecule has 0 spiro atoms. The van der Waals surface area contributed by atoms with Crippen LogP contribution in [0.4, 0.5) is 4.79 Å². The molecule has 4 nitrogen and oxygen atoms in total. The number of thioether (sulfide) groups is 1. The summed E-state index contributed by atoms with van der Waals surface area (Å²) in [7, 11) is 0. The van der Waals surface area contributed by atoms with Gasteiger partial charge in [0.05, 0.1) is 4.91 Å². The minimum Gasteiger partial charge on any atom is -0.317 e. The maximum Gasteiger partial charge on any atom is 0.290 e. The van der Waals surface area contributed by atoms with Crippen molar-refractivity contribution in [2.45, 2.75) is 6.92 Å². The molecular formula is C15H12N2O2S. The van der Waals surface area contributed by atoms with Crippen LogP contribution >= 0.6 is 11.8 Å². The van der Waals surface area contributed by atoms with E-state index in [-0.39, 0.29) is 11.1 Å². The van der Waals surface area contributed by atoms with E-state index in [4.69, 9.17) is 0 Å². The van der Waals surface area contributed by atoms with Crippen LogP contribution in [0.3, 0.4) is 0 Å². The maximum absolute atomic E-state index is 11.6. The second kappa shape index (κ2) is 5.02. The number of carbonyl (C=O) groups excluding carboxylic acids is 2. The highest BCUT2D eigenvalue weighted by Crippen LogP contribution is 2.26. The number of nitrogens with zero attached hydrogens (tertiary/aromatic N) is 1. The Morgan fingerprint density at radius 3 is 2.55 bits per heavy atom. The third-order valence-electron chi connectivity index (χ3n) is 3.01. The fourth-order valence-corrected chi connectivity index (χ4v) is 2.67. The molecule has 1 fully saturated rings. The summed E-state index contributed by atoms with van der Waals surface area (Å²) in [6.45, 7) is 2.04. The standard InChI is InChI=1S/C15H12N2O2S/c1-10-4-6-11(7-5-10)17-8-2-3-12(17)9-13-14(18)16-15(19)20-13/h2-9H,1H3,(H,16,18,19)/b13-9-. The van der Waals surface area contributed by atoms with Gasteiger partial charge in [0.15, 0.2) is 0 Å².